The molecule has 0 aromatic carbocycles. The van der Waals surface area contributed by atoms with Gasteiger partial charge in [-0.1, -0.05) is 44.6 Å². The van der Waals surface area contributed by atoms with Gasteiger partial charge in [-0.3, -0.25) is 32.6 Å². The van der Waals surface area contributed by atoms with Gasteiger partial charge >= 0.3 is 100 Å². The summed E-state index contributed by atoms with van der Waals surface area (Å²) in [5.74, 6) is 0.483. The monoisotopic (exact) mass is 1140 g/mol. The van der Waals surface area contributed by atoms with Crippen molar-refractivity contribution in [2.75, 3.05) is 19.7 Å². The molecule has 4 aliphatic heterocycles. The number of carboxylic acids is 1. The number of carbonyl (C=O) groups is 2. The van der Waals surface area contributed by atoms with E-state index in [2.05, 4.69) is 67.8 Å². The number of amides is 1. The molecule has 6 atom stereocenters. The minimum absolute atomic E-state index is 0. The number of unbranched alkanes of at least 4 members (excludes halogenated alkanes) is 4. The summed E-state index contributed by atoms with van der Waals surface area (Å²) in [6, 6.07) is 4.08. The number of H-pyrrole nitrogens is 1. The van der Waals surface area contributed by atoms with E-state index < -0.39 is 71.8 Å². The molecule has 0 radical (unpaired) electrons. The van der Waals surface area contributed by atoms with E-state index in [-0.39, 0.29) is 130 Å². The number of aliphatic hydroxyl groups excluding tert-OH is 2. The number of aliphatic carboxylic acids is 1. The fourth-order valence-corrected chi connectivity index (χ4v) is 11.3. The van der Waals surface area contributed by atoms with Crippen LogP contribution in [0.4, 0.5) is 5.82 Å². The smallest absolute Gasteiger partial charge is 0.790 e. The topological polar surface area (TPSA) is 377 Å². The minimum Gasteiger partial charge on any atom is -0.790 e. The summed E-state index contributed by atoms with van der Waals surface area (Å²) in [4.78, 5) is 107. The molecule has 4 N–H and O–H groups in total. The second-order valence-corrected chi connectivity index (χ2v) is 22.7. The molecular weight excluding hydrogens is 1090 g/mol. The van der Waals surface area contributed by atoms with Crippen molar-refractivity contribution in [2.45, 2.75) is 116 Å². The van der Waals surface area contributed by atoms with Crippen molar-refractivity contribution in [1.82, 2.24) is 19.8 Å². The largest absolute Gasteiger partial charge is 1.00 e. The van der Waals surface area contributed by atoms with Gasteiger partial charge in [0, 0.05) is 48.9 Å². The van der Waals surface area contributed by atoms with Crippen LogP contribution in [0.25, 0.3) is 6.08 Å². The Morgan fingerprint density at radius 3 is 2.32 bits per heavy atom. The first kappa shape index (κ1) is 68.2. The number of aryl methyl sites for hydroxylation is 1. The van der Waals surface area contributed by atoms with Crippen LogP contribution in [-0.2, 0) is 53.1 Å². The number of allylic oxidation sites excluding steroid dienone is 6. The van der Waals surface area contributed by atoms with Crippen molar-refractivity contribution in [3.63, 3.8) is 0 Å². The molecule has 0 saturated carbocycles. The predicted octanol–water partition coefficient (Wildman–Crippen LogP) is -9.03. The average molecular weight is 1140 g/mol. The van der Waals surface area contributed by atoms with Crippen LogP contribution in [-0.4, -0.2) is 86.1 Å². The first-order valence-electron chi connectivity index (χ1n) is 23.2. The number of ether oxygens (including phenoxy) is 1. The molecule has 1 fully saturated rings. The fraction of sp³-hybridized carbons (Fsp3) is 0.489. The van der Waals surface area contributed by atoms with E-state index in [0.29, 0.717) is 24.0 Å². The number of aliphatic imine (C=N–C) groups is 2. The fourth-order valence-electron chi connectivity index (χ4n) is 8.45. The number of hydrogen-bond donors (Lipinski definition) is 4. The van der Waals surface area contributed by atoms with Crippen molar-refractivity contribution in [2.24, 2.45) is 15.4 Å². The van der Waals surface area contributed by atoms with Gasteiger partial charge in [0.15, 0.2) is 11.9 Å². The number of amidine groups is 1. The Kier molecular flexibility index (Phi) is 26.1. The van der Waals surface area contributed by atoms with Gasteiger partial charge in [0.25, 0.3) is 21.2 Å². The van der Waals surface area contributed by atoms with Gasteiger partial charge < -0.3 is 63.7 Å². The van der Waals surface area contributed by atoms with Crippen LogP contribution in [0.2, 0.25) is 0 Å². The molecule has 0 bridgehead atoms. The zero-order valence-electron chi connectivity index (χ0n) is 43.2. The van der Waals surface area contributed by atoms with Crippen molar-refractivity contribution in [3.8, 4) is 0 Å². The standard InChI is InChI=1S/C45H60N7O18P3.3Na/c1-44(2)30-16-13-25-50(39(30)47-33(44)18-11-19-34-45(3,4)31-17-14-26-51(40(31)48-34)24-10-6-8-21-36(54)55)23-9-5-7-20-35(53)46-22-12-15-29-27-52(43(59)49-41(29)58)42-38(57)37(56)32(68-42)28-67-72(63,64)70-73(65,66)69-71(60,61)62;;;/h11-19,25-27,32,37-38,42,56-57H,5-10,20-24,28H2,1-4H3,(H6-,46,49,53,54,55,58,59,60,61,62,63,64,65,66);;;/q;3*+1/p-4/b15-12+;;;/t32-,37+,38?,42-;;;/m1.../s1. The Morgan fingerprint density at radius 1 is 0.921 bits per heavy atom. The van der Waals surface area contributed by atoms with Crippen LogP contribution in [0.1, 0.15) is 96.4 Å². The number of pyridine rings is 1. The summed E-state index contributed by atoms with van der Waals surface area (Å²) in [5, 5.41) is 34.5. The number of carboxylic acid groups (broad SMARTS) is 1. The molecule has 2 aromatic heterocycles. The van der Waals surface area contributed by atoms with E-state index in [4.69, 9.17) is 14.7 Å². The van der Waals surface area contributed by atoms with Crippen molar-refractivity contribution in [3.05, 3.63) is 110 Å². The van der Waals surface area contributed by atoms with Crippen LogP contribution in [0.3, 0.4) is 0 Å². The Labute approximate surface area is 504 Å². The number of fused-ring (bicyclic) bond motifs is 2. The molecule has 3 unspecified atom stereocenters. The number of aromatic nitrogens is 3. The Balaban J connectivity index is 0.00000507. The van der Waals surface area contributed by atoms with Crippen LogP contribution in [0.15, 0.2) is 98.0 Å². The quantitative estimate of drug-likeness (QED) is 0.0310. The molecule has 6 heterocycles. The third kappa shape index (κ3) is 18.2. The third-order valence-corrected chi connectivity index (χ3v) is 16.0. The molecule has 76 heavy (non-hydrogen) atoms. The van der Waals surface area contributed by atoms with Gasteiger partial charge in [-0.15, -0.1) is 0 Å². The molecule has 1 amide bonds. The first-order chi connectivity index (χ1) is 34.2. The molecule has 0 spiro atoms. The molecule has 4 aliphatic rings. The van der Waals surface area contributed by atoms with Crippen molar-refractivity contribution >= 4 is 58.8 Å². The second kappa shape index (κ2) is 29.0. The number of hydrogen-bond acceptors (Lipinski definition) is 21. The van der Waals surface area contributed by atoms with Crippen molar-refractivity contribution in [1.29, 1.82) is 0 Å². The zero-order chi connectivity index (χ0) is 53.5. The summed E-state index contributed by atoms with van der Waals surface area (Å²) < 4.78 is 52.8. The molecule has 25 nitrogen and oxygen atoms in total. The van der Waals surface area contributed by atoms with E-state index in [9.17, 15) is 67.8 Å². The zero-order valence-corrected chi connectivity index (χ0v) is 51.9. The third-order valence-electron chi connectivity index (χ3n) is 12.4. The number of phosphoric acid groups is 3. The van der Waals surface area contributed by atoms with Crippen LogP contribution in [0.5, 0.6) is 0 Å². The number of aromatic amines is 1. The summed E-state index contributed by atoms with van der Waals surface area (Å²) in [7, 11) is -18.5. The second-order valence-electron chi connectivity index (χ2n) is 18.4. The maximum absolute atomic E-state index is 12.7. The van der Waals surface area contributed by atoms with E-state index in [0.717, 1.165) is 72.6 Å². The van der Waals surface area contributed by atoms with Gasteiger partial charge in [0.1, 0.15) is 24.1 Å². The van der Waals surface area contributed by atoms with E-state index >= 15 is 0 Å². The van der Waals surface area contributed by atoms with Gasteiger partial charge in [0.2, 0.25) is 5.91 Å². The number of aliphatic hydroxyl groups is 2. The van der Waals surface area contributed by atoms with E-state index in [1.54, 1.807) is 0 Å². The van der Waals surface area contributed by atoms with E-state index in [1.807, 2.05) is 47.8 Å². The van der Waals surface area contributed by atoms with Crippen LogP contribution < -0.4 is 134 Å². The number of rotatable bonds is 25. The van der Waals surface area contributed by atoms with Crippen LogP contribution in [0, 0.1) is 5.41 Å². The van der Waals surface area contributed by atoms with E-state index in [1.165, 1.54) is 12.2 Å². The predicted molar refractivity (Wildman–Crippen MR) is 251 cm³/mol. The normalized spacial score (nSPS) is 22.4. The van der Waals surface area contributed by atoms with Gasteiger partial charge in [-0.05, 0) is 87.7 Å². The number of nitrogens with one attached hydrogen (secondary N) is 2. The Morgan fingerprint density at radius 2 is 1.62 bits per heavy atom. The maximum atomic E-state index is 12.7. The minimum atomic E-state index is -6.27. The molecule has 398 valence electrons. The molecule has 6 rings (SSSR count). The molecular formula is C45H56N7Na3O18P3-. The first-order valence-corrected chi connectivity index (χ1v) is 27.5. The van der Waals surface area contributed by atoms with Crippen LogP contribution >= 0.6 is 23.5 Å². The van der Waals surface area contributed by atoms with Gasteiger partial charge in [-0.25, -0.2) is 18.7 Å². The number of phosphoric ester groups is 1. The Hall–Kier alpha value is -2.10. The van der Waals surface area contributed by atoms with Crippen molar-refractivity contribution < 1.29 is 169 Å². The average Bonchev–Trinajstić information content (AvgIpc) is 3.83. The van der Waals surface area contributed by atoms with Gasteiger partial charge in [0.05, 0.1) is 49.4 Å². The Bertz CT molecular complexity index is 2930. The van der Waals surface area contributed by atoms with Gasteiger partial charge in [-0.2, -0.15) is 0 Å². The summed E-state index contributed by atoms with van der Waals surface area (Å²) in [5.41, 5.74) is 1.20. The summed E-state index contributed by atoms with van der Waals surface area (Å²) in [6.07, 6.45) is 14.9. The summed E-state index contributed by atoms with van der Waals surface area (Å²) in [6.45, 7) is 8.71. The SMILES string of the molecule is CC1(C)C(=CC=CC2=Nc3c(ccc[n+]3CCCCCC(=O)NC/C=C/c3cn([C@@H]4O[C@H](COP(=O)([O-])OP(=O)([O-])OP(=O)([O-])[O-])[C@H](O)C4O)c(=O)[nH]c3=O)C2(C)C)N=C2C1=CC=CN2CCCCCC(=O)[O-].[Na+].[Na+].[Na+]. The summed E-state index contributed by atoms with van der Waals surface area (Å²) >= 11 is 0. The number of nitrogens with zero attached hydrogens (tertiary/aromatic N) is 5. The molecule has 31 heteroatoms. The maximum Gasteiger partial charge on any atom is 1.00 e. The molecule has 0 aliphatic carbocycles. The number of carbonyl (C=O) groups excluding carboxylic acids is 2. The molecule has 2 aromatic rings. The molecule has 1 saturated heterocycles.